The van der Waals surface area contributed by atoms with Crippen LogP contribution in [0.3, 0.4) is 0 Å². The van der Waals surface area contributed by atoms with Crippen LogP contribution in [0.5, 0.6) is 5.75 Å². The van der Waals surface area contributed by atoms with Crippen LogP contribution in [-0.2, 0) is 16.1 Å². The molecule has 0 fully saturated rings. The topological polar surface area (TPSA) is 58.6 Å². The number of carbonyl (C=O) groups excluding carboxylic acids is 2. The molecule has 0 spiro atoms. The lowest BCUT2D eigenvalue weighted by Gasteiger charge is -2.29. The van der Waals surface area contributed by atoms with Gasteiger partial charge in [0, 0.05) is 18.1 Å². The largest absolute Gasteiger partial charge is 0.483 e. The van der Waals surface area contributed by atoms with E-state index in [9.17, 15) is 9.59 Å². The standard InChI is InChI=1S/C25H32BrClN2O3/c1-16(2)13-28-25(31)18(5)29(14-19-6-9-21(27)10-7-19)24(30)15-32-23-11-8-20(17(3)4)12-22(23)26/h6-12,16-18H,13-15H2,1-5H3,(H,28,31). The number of rotatable bonds is 10. The van der Waals surface area contributed by atoms with Gasteiger partial charge in [-0.3, -0.25) is 9.59 Å². The van der Waals surface area contributed by atoms with Crippen LogP contribution >= 0.6 is 27.5 Å². The summed E-state index contributed by atoms with van der Waals surface area (Å²) in [6, 6.07) is 12.4. The molecule has 0 aliphatic heterocycles. The van der Waals surface area contributed by atoms with Crippen LogP contribution in [0.15, 0.2) is 46.9 Å². The Hall–Kier alpha value is -2.05. The molecule has 1 unspecified atom stereocenters. The van der Waals surface area contributed by atoms with Gasteiger partial charge in [-0.1, -0.05) is 57.5 Å². The zero-order chi connectivity index (χ0) is 23.8. The van der Waals surface area contributed by atoms with Crippen LogP contribution in [0.1, 0.15) is 51.7 Å². The molecule has 2 aromatic rings. The number of halogens is 2. The highest BCUT2D eigenvalue weighted by Crippen LogP contribution is 2.29. The Morgan fingerprint density at radius 3 is 2.28 bits per heavy atom. The molecule has 0 radical (unpaired) electrons. The highest BCUT2D eigenvalue weighted by atomic mass is 79.9. The molecule has 2 amide bonds. The van der Waals surface area contributed by atoms with Crippen LogP contribution in [0.4, 0.5) is 0 Å². The van der Waals surface area contributed by atoms with E-state index in [2.05, 4.69) is 35.1 Å². The van der Waals surface area contributed by atoms with E-state index in [0.29, 0.717) is 29.2 Å². The quantitative estimate of drug-likeness (QED) is 0.428. The predicted molar refractivity (Wildman–Crippen MR) is 133 cm³/mol. The molecule has 1 N–H and O–H groups in total. The summed E-state index contributed by atoms with van der Waals surface area (Å²) in [5, 5.41) is 3.53. The molecule has 2 aromatic carbocycles. The van der Waals surface area contributed by atoms with E-state index in [0.717, 1.165) is 10.0 Å². The summed E-state index contributed by atoms with van der Waals surface area (Å²) < 4.78 is 6.60. The van der Waals surface area contributed by atoms with Crippen molar-refractivity contribution in [3.05, 3.63) is 63.1 Å². The Bertz CT molecular complexity index is 916. The molecular weight excluding hydrogens is 492 g/mol. The van der Waals surface area contributed by atoms with E-state index in [1.165, 1.54) is 10.5 Å². The van der Waals surface area contributed by atoms with Crippen LogP contribution in [0.25, 0.3) is 0 Å². The number of amides is 2. The molecule has 32 heavy (non-hydrogen) atoms. The Balaban J connectivity index is 2.15. The number of hydrogen-bond donors (Lipinski definition) is 1. The van der Waals surface area contributed by atoms with Gasteiger partial charge >= 0.3 is 0 Å². The Morgan fingerprint density at radius 2 is 1.72 bits per heavy atom. The van der Waals surface area contributed by atoms with Gasteiger partial charge in [-0.05, 0) is 70.1 Å². The van der Waals surface area contributed by atoms with Crippen molar-refractivity contribution in [1.82, 2.24) is 10.2 Å². The lowest BCUT2D eigenvalue weighted by molar-refractivity contribution is -0.142. The Morgan fingerprint density at radius 1 is 1.06 bits per heavy atom. The van der Waals surface area contributed by atoms with Crippen molar-refractivity contribution in [2.75, 3.05) is 13.2 Å². The van der Waals surface area contributed by atoms with Gasteiger partial charge in [0.05, 0.1) is 4.47 Å². The zero-order valence-corrected chi connectivity index (χ0v) is 21.7. The molecule has 174 valence electrons. The van der Waals surface area contributed by atoms with Gasteiger partial charge in [-0.2, -0.15) is 0 Å². The second-order valence-electron chi connectivity index (χ2n) is 8.60. The van der Waals surface area contributed by atoms with E-state index < -0.39 is 6.04 Å². The molecule has 7 heteroatoms. The predicted octanol–water partition coefficient (Wildman–Crippen LogP) is 5.79. The average molecular weight is 524 g/mol. The van der Waals surface area contributed by atoms with E-state index >= 15 is 0 Å². The molecule has 2 rings (SSSR count). The second kappa shape index (κ2) is 12.3. The summed E-state index contributed by atoms with van der Waals surface area (Å²) in [5.74, 6) is 0.838. The van der Waals surface area contributed by atoms with Crippen molar-refractivity contribution < 1.29 is 14.3 Å². The molecular formula is C25H32BrClN2O3. The van der Waals surface area contributed by atoms with Crippen LogP contribution < -0.4 is 10.1 Å². The van der Waals surface area contributed by atoms with Crippen molar-refractivity contribution in [3.8, 4) is 5.75 Å². The van der Waals surface area contributed by atoms with Crippen molar-refractivity contribution in [1.29, 1.82) is 0 Å². The third-order valence-corrected chi connectivity index (χ3v) is 5.96. The first-order chi connectivity index (χ1) is 15.1. The molecule has 0 aliphatic carbocycles. The molecule has 0 aliphatic rings. The van der Waals surface area contributed by atoms with E-state index in [-0.39, 0.29) is 25.0 Å². The number of benzene rings is 2. The SMILES string of the molecule is CC(C)CNC(=O)C(C)N(Cc1ccc(Cl)cc1)C(=O)COc1ccc(C(C)C)cc1Br. The molecule has 0 saturated heterocycles. The highest BCUT2D eigenvalue weighted by molar-refractivity contribution is 9.10. The number of nitrogens with zero attached hydrogens (tertiary/aromatic N) is 1. The molecule has 0 saturated carbocycles. The Kier molecular flexibility index (Phi) is 10.0. The molecule has 0 bridgehead atoms. The van der Waals surface area contributed by atoms with Crippen molar-refractivity contribution in [3.63, 3.8) is 0 Å². The zero-order valence-electron chi connectivity index (χ0n) is 19.3. The first-order valence-corrected chi connectivity index (χ1v) is 12.0. The fourth-order valence-electron chi connectivity index (χ4n) is 3.04. The van der Waals surface area contributed by atoms with Gasteiger partial charge in [-0.15, -0.1) is 0 Å². The van der Waals surface area contributed by atoms with Crippen molar-refractivity contribution >= 4 is 39.3 Å². The average Bonchev–Trinajstić information content (AvgIpc) is 2.75. The van der Waals surface area contributed by atoms with Crippen LogP contribution in [-0.4, -0.2) is 35.9 Å². The number of ether oxygens (including phenoxy) is 1. The normalized spacial score (nSPS) is 12.0. The molecule has 5 nitrogen and oxygen atoms in total. The summed E-state index contributed by atoms with van der Waals surface area (Å²) >= 11 is 9.51. The first kappa shape index (κ1) is 26.2. The van der Waals surface area contributed by atoms with Crippen LogP contribution in [0, 0.1) is 5.92 Å². The minimum absolute atomic E-state index is 0.172. The summed E-state index contributed by atoms with van der Waals surface area (Å²) in [5.41, 5.74) is 2.06. The summed E-state index contributed by atoms with van der Waals surface area (Å²) in [6.45, 7) is 10.7. The lowest BCUT2D eigenvalue weighted by atomic mass is 10.0. The molecule has 1 atom stereocenters. The molecule has 0 heterocycles. The summed E-state index contributed by atoms with van der Waals surface area (Å²) in [4.78, 5) is 27.4. The maximum absolute atomic E-state index is 13.1. The van der Waals surface area contributed by atoms with Gasteiger partial charge in [0.1, 0.15) is 11.8 Å². The van der Waals surface area contributed by atoms with E-state index in [1.807, 2.05) is 44.2 Å². The maximum Gasteiger partial charge on any atom is 0.261 e. The van der Waals surface area contributed by atoms with Gasteiger partial charge in [-0.25, -0.2) is 0 Å². The van der Waals surface area contributed by atoms with Crippen molar-refractivity contribution in [2.45, 2.75) is 53.1 Å². The minimum atomic E-state index is -0.646. The minimum Gasteiger partial charge on any atom is -0.483 e. The Labute approximate surface area is 204 Å². The molecule has 0 aromatic heterocycles. The van der Waals surface area contributed by atoms with Gasteiger partial charge in [0.2, 0.25) is 5.91 Å². The summed E-state index contributed by atoms with van der Waals surface area (Å²) in [6.07, 6.45) is 0. The van der Waals surface area contributed by atoms with Crippen LogP contribution in [0.2, 0.25) is 5.02 Å². The smallest absolute Gasteiger partial charge is 0.261 e. The van der Waals surface area contributed by atoms with Crippen molar-refractivity contribution in [2.24, 2.45) is 5.92 Å². The fourth-order valence-corrected chi connectivity index (χ4v) is 3.67. The first-order valence-electron chi connectivity index (χ1n) is 10.8. The van der Waals surface area contributed by atoms with E-state index in [4.69, 9.17) is 16.3 Å². The van der Waals surface area contributed by atoms with Gasteiger partial charge in [0.15, 0.2) is 6.61 Å². The van der Waals surface area contributed by atoms with Gasteiger partial charge < -0.3 is 15.0 Å². The third kappa shape index (κ3) is 7.82. The number of carbonyl (C=O) groups is 2. The number of hydrogen-bond acceptors (Lipinski definition) is 3. The highest BCUT2D eigenvalue weighted by Gasteiger charge is 2.26. The number of nitrogens with one attached hydrogen (secondary N) is 1. The maximum atomic E-state index is 13.1. The third-order valence-electron chi connectivity index (χ3n) is 5.09. The summed E-state index contributed by atoms with van der Waals surface area (Å²) in [7, 11) is 0. The van der Waals surface area contributed by atoms with Gasteiger partial charge in [0.25, 0.3) is 5.91 Å². The lowest BCUT2D eigenvalue weighted by Crippen LogP contribution is -2.49. The fraction of sp³-hybridized carbons (Fsp3) is 0.440. The monoisotopic (exact) mass is 522 g/mol. The van der Waals surface area contributed by atoms with E-state index in [1.54, 1.807) is 19.1 Å². The second-order valence-corrected chi connectivity index (χ2v) is 9.89.